The van der Waals surface area contributed by atoms with Crippen molar-refractivity contribution < 1.29 is 13.2 Å². The molecular weight excluding hydrogens is 289 g/mol. The first kappa shape index (κ1) is 15.4. The summed E-state index contributed by atoms with van der Waals surface area (Å²) in [4.78, 5) is 1.80. The van der Waals surface area contributed by atoms with Crippen LogP contribution in [0.3, 0.4) is 0 Å². The van der Waals surface area contributed by atoms with E-state index < -0.39 is 11.7 Å². The van der Waals surface area contributed by atoms with Gasteiger partial charge in [0.05, 0.1) is 5.56 Å². The molecule has 1 fully saturated rings. The van der Waals surface area contributed by atoms with Crippen LogP contribution in [0.2, 0.25) is 5.02 Å². The third-order valence-electron chi connectivity index (χ3n) is 3.88. The van der Waals surface area contributed by atoms with E-state index in [1.54, 1.807) is 4.90 Å². The van der Waals surface area contributed by atoms with Crippen LogP contribution in [0, 0.1) is 5.92 Å². The van der Waals surface area contributed by atoms with Crippen molar-refractivity contribution >= 4 is 17.3 Å². The molecule has 1 saturated heterocycles. The third kappa shape index (κ3) is 3.20. The van der Waals surface area contributed by atoms with Gasteiger partial charge in [0, 0.05) is 29.8 Å². The monoisotopic (exact) mass is 306 g/mol. The van der Waals surface area contributed by atoms with E-state index in [0.29, 0.717) is 25.0 Å². The Balaban J connectivity index is 2.30. The molecule has 0 radical (unpaired) electrons. The fraction of sp³-hybridized carbons (Fsp3) is 0.571. The molecule has 0 saturated carbocycles. The number of benzene rings is 1. The zero-order valence-corrected chi connectivity index (χ0v) is 12.2. The van der Waals surface area contributed by atoms with E-state index in [9.17, 15) is 13.2 Å². The van der Waals surface area contributed by atoms with Crippen LogP contribution in [0.5, 0.6) is 0 Å². The summed E-state index contributed by atoms with van der Waals surface area (Å²) in [5.41, 5.74) is -0.427. The molecule has 2 unspecified atom stereocenters. The van der Waals surface area contributed by atoms with Crippen molar-refractivity contribution in [3.8, 4) is 0 Å². The van der Waals surface area contributed by atoms with Crippen LogP contribution in [0.25, 0.3) is 0 Å². The number of hydrogen-bond donors (Lipinski definition) is 1. The van der Waals surface area contributed by atoms with Crippen molar-refractivity contribution in [2.24, 2.45) is 5.92 Å². The van der Waals surface area contributed by atoms with Gasteiger partial charge < -0.3 is 10.2 Å². The van der Waals surface area contributed by atoms with Gasteiger partial charge in [-0.2, -0.15) is 13.2 Å². The van der Waals surface area contributed by atoms with Gasteiger partial charge in [0.1, 0.15) is 0 Å². The van der Waals surface area contributed by atoms with Gasteiger partial charge >= 0.3 is 6.18 Å². The van der Waals surface area contributed by atoms with Crippen molar-refractivity contribution in [1.82, 2.24) is 5.32 Å². The van der Waals surface area contributed by atoms with Gasteiger partial charge in [0.15, 0.2) is 0 Å². The fourth-order valence-corrected chi connectivity index (χ4v) is 2.98. The van der Waals surface area contributed by atoms with Crippen LogP contribution in [-0.2, 0) is 6.18 Å². The topological polar surface area (TPSA) is 15.3 Å². The lowest BCUT2D eigenvalue weighted by molar-refractivity contribution is -0.137. The molecule has 1 aliphatic rings. The van der Waals surface area contributed by atoms with E-state index in [-0.39, 0.29) is 10.7 Å². The van der Waals surface area contributed by atoms with Crippen molar-refractivity contribution in [2.45, 2.75) is 25.6 Å². The summed E-state index contributed by atoms with van der Waals surface area (Å²) in [5, 5.41) is 3.32. The number of rotatable bonds is 2. The summed E-state index contributed by atoms with van der Waals surface area (Å²) < 4.78 is 39.4. The van der Waals surface area contributed by atoms with Crippen LogP contribution in [-0.4, -0.2) is 26.2 Å². The molecule has 0 bridgehead atoms. The molecule has 1 aromatic rings. The van der Waals surface area contributed by atoms with Gasteiger partial charge in [-0.15, -0.1) is 0 Å². The van der Waals surface area contributed by atoms with Gasteiger partial charge in [-0.1, -0.05) is 18.5 Å². The average Bonchev–Trinajstić information content (AvgIpc) is 2.37. The summed E-state index contributed by atoms with van der Waals surface area (Å²) >= 11 is 5.71. The number of nitrogens with one attached hydrogen (secondary N) is 1. The summed E-state index contributed by atoms with van der Waals surface area (Å²) in [6, 6.07) is 4.34. The first-order valence-corrected chi connectivity index (χ1v) is 6.99. The zero-order valence-electron chi connectivity index (χ0n) is 11.5. The maximum absolute atomic E-state index is 13.1. The molecule has 1 aromatic carbocycles. The summed E-state index contributed by atoms with van der Waals surface area (Å²) in [7, 11) is 1.89. The highest BCUT2D eigenvalue weighted by atomic mass is 35.5. The number of nitrogens with zero attached hydrogens (tertiary/aromatic N) is 1. The number of piperidine rings is 1. The lowest BCUT2D eigenvalue weighted by atomic mass is 9.93. The largest absolute Gasteiger partial charge is 0.418 e. The molecule has 1 N–H and O–H groups in total. The minimum Gasteiger partial charge on any atom is -0.371 e. The summed E-state index contributed by atoms with van der Waals surface area (Å²) in [6.45, 7) is 3.27. The van der Waals surface area contributed by atoms with Crippen molar-refractivity contribution in [2.75, 3.05) is 25.0 Å². The van der Waals surface area contributed by atoms with E-state index in [1.807, 2.05) is 7.05 Å². The quantitative estimate of drug-likeness (QED) is 0.894. The highest BCUT2D eigenvalue weighted by molar-refractivity contribution is 6.30. The van der Waals surface area contributed by atoms with Crippen molar-refractivity contribution in [3.05, 3.63) is 28.8 Å². The van der Waals surface area contributed by atoms with Gasteiger partial charge in [-0.3, -0.25) is 0 Å². The van der Waals surface area contributed by atoms with Crippen molar-refractivity contribution in [1.29, 1.82) is 0 Å². The standard InChI is InChI=1S/C14H18ClF3N2/c1-9-8-20(6-5-12(9)19-2)13-4-3-10(15)7-11(13)14(16,17)18/h3-4,7,9,12,19H,5-6,8H2,1-2H3. The van der Waals surface area contributed by atoms with Gasteiger partial charge in [-0.05, 0) is 37.6 Å². The van der Waals surface area contributed by atoms with Gasteiger partial charge in [-0.25, -0.2) is 0 Å². The SMILES string of the molecule is CNC1CCN(c2ccc(Cl)cc2C(F)(F)F)CC1C. The van der Waals surface area contributed by atoms with E-state index in [1.165, 1.54) is 12.1 Å². The van der Waals surface area contributed by atoms with Crippen LogP contribution in [0.1, 0.15) is 18.9 Å². The maximum Gasteiger partial charge on any atom is 0.418 e. The normalized spacial score (nSPS) is 24.0. The van der Waals surface area contributed by atoms with E-state index in [2.05, 4.69) is 12.2 Å². The molecule has 0 aliphatic carbocycles. The molecule has 1 aliphatic heterocycles. The molecule has 6 heteroatoms. The Labute approximate surface area is 121 Å². The second kappa shape index (κ2) is 5.82. The Hall–Kier alpha value is -0.940. The Morgan fingerprint density at radius 1 is 1.35 bits per heavy atom. The van der Waals surface area contributed by atoms with E-state index in [0.717, 1.165) is 12.5 Å². The highest BCUT2D eigenvalue weighted by Gasteiger charge is 2.36. The first-order chi connectivity index (χ1) is 9.32. The van der Waals surface area contributed by atoms with Crippen LogP contribution in [0.4, 0.5) is 18.9 Å². The van der Waals surface area contributed by atoms with E-state index in [4.69, 9.17) is 11.6 Å². The summed E-state index contributed by atoms with van der Waals surface area (Å²) in [5.74, 6) is 0.297. The van der Waals surface area contributed by atoms with Crippen LogP contribution in [0.15, 0.2) is 18.2 Å². The Bertz CT molecular complexity index is 476. The predicted octanol–water partition coefficient (Wildman–Crippen LogP) is 3.79. The molecule has 2 nitrogen and oxygen atoms in total. The maximum atomic E-state index is 13.1. The van der Waals surface area contributed by atoms with Gasteiger partial charge in [0.2, 0.25) is 0 Å². The van der Waals surface area contributed by atoms with Crippen molar-refractivity contribution in [3.63, 3.8) is 0 Å². The lowest BCUT2D eigenvalue weighted by Crippen LogP contribution is -2.47. The fourth-order valence-electron chi connectivity index (χ4n) is 2.80. The first-order valence-electron chi connectivity index (χ1n) is 6.62. The van der Waals surface area contributed by atoms with E-state index >= 15 is 0 Å². The third-order valence-corrected chi connectivity index (χ3v) is 4.12. The predicted molar refractivity (Wildman–Crippen MR) is 75.3 cm³/mol. The Kier molecular flexibility index (Phi) is 4.49. The average molecular weight is 307 g/mol. The van der Waals surface area contributed by atoms with Gasteiger partial charge in [0.25, 0.3) is 0 Å². The number of halogens is 4. The second-order valence-electron chi connectivity index (χ2n) is 5.27. The minimum absolute atomic E-state index is 0.110. The molecule has 112 valence electrons. The smallest absolute Gasteiger partial charge is 0.371 e. The lowest BCUT2D eigenvalue weighted by Gasteiger charge is -2.39. The Morgan fingerprint density at radius 2 is 2.05 bits per heavy atom. The Morgan fingerprint density at radius 3 is 2.60 bits per heavy atom. The minimum atomic E-state index is -4.39. The molecule has 0 aromatic heterocycles. The second-order valence-corrected chi connectivity index (χ2v) is 5.70. The van der Waals surface area contributed by atoms with Crippen LogP contribution >= 0.6 is 11.6 Å². The van der Waals surface area contributed by atoms with Crippen LogP contribution < -0.4 is 10.2 Å². The number of hydrogen-bond acceptors (Lipinski definition) is 2. The molecule has 0 amide bonds. The molecule has 2 atom stereocenters. The highest BCUT2D eigenvalue weighted by Crippen LogP contribution is 2.39. The molecule has 2 rings (SSSR count). The molecular formula is C14H18ClF3N2. The molecule has 0 spiro atoms. The molecule has 1 heterocycles. The zero-order chi connectivity index (χ0) is 14.9. The number of alkyl halides is 3. The molecule has 20 heavy (non-hydrogen) atoms. The number of anilines is 1. The summed E-state index contributed by atoms with van der Waals surface area (Å²) in [6.07, 6.45) is -3.55.